The number of nitrogens with one attached hydrogen (secondary N) is 1. The van der Waals surface area contributed by atoms with Gasteiger partial charge in [0, 0.05) is 37.4 Å². The van der Waals surface area contributed by atoms with Crippen LogP contribution in [0.5, 0.6) is 0 Å². The number of amides is 2. The van der Waals surface area contributed by atoms with Crippen LogP contribution in [0.1, 0.15) is 43.4 Å². The zero-order valence-electron chi connectivity index (χ0n) is 21.3. The van der Waals surface area contributed by atoms with Gasteiger partial charge in [0.25, 0.3) is 0 Å². The average Bonchev–Trinajstić information content (AvgIpc) is 2.87. The Morgan fingerprint density at radius 2 is 1.67 bits per heavy atom. The van der Waals surface area contributed by atoms with Gasteiger partial charge in [-0.1, -0.05) is 36.4 Å². The molecular weight excluding hydrogens is 533 g/mol. The SMILES string of the molecule is C[C@@H](c1ccc(-c2ccc(F)cc2F)cc1)N1CC[C@@](CCC(=O)NS(C)(=O)=O)(c2ccc(F)cc2)OC1=O. The Morgan fingerprint density at radius 1 is 1.03 bits per heavy atom. The molecular formula is C28H27F3N2O5S. The topological polar surface area (TPSA) is 92.8 Å². The molecule has 1 fully saturated rings. The fourth-order valence-corrected chi connectivity index (χ4v) is 5.23. The summed E-state index contributed by atoms with van der Waals surface area (Å²) in [6, 6.07) is 15.2. The molecule has 1 N–H and O–H groups in total. The van der Waals surface area contributed by atoms with E-state index >= 15 is 0 Å². The van der Waals surface area contributed by atoms with Crippen LogP contribution in [0.15, 0.2) is 66.7 Å². The van der Waals surface area contributed by atoms with Crippen LogP contribution < -0.4 is 4.72 Å². The van der Waals surface area contributed by atoms with Crippen LogP contribution in [-0.4, -0.2) is 38.1 Å². The highest BCUT2D eigenvalue weighted by Gasteiger charge is 2.43. The fraction of sp³-hybridized carbons (Fsp3) is 0.286. The van der Waals surface area contributed by atoms with Gasteiger partial charge in [0.15, 0.2) is 0 Å². The smallest absolute Gasteiger partial charge is 0.411 e. The van der Waals surface area contributed by atoms with Crippen LogP contribution in [0.4, 0.5) is 18.0 Å². The Hall–Kier alpha value is -3.86. The molecule has 1 heterocycles. The summed E-state index contributed by atoms with van der Waals surface area (Å²) in [5.74, 6) is -2.58. The molecule has 0 spiro atoms. The molecule has 2 atom stereocenters. The highest BCUT2D eigenvalue weighted by Crippen LogP contribution is 2.40. The second-order valence-electron chi connectivity index (χ2n) is 9.53. The van der Waals surface area contributed by atoms with Gasteiger partial charge in [-0.15, -0.1) is 0 Å². The Bertz CT molecular complexity index is 1480. The molecule has 0 saturated carbocycles. The second kappa shape index (κ2) is 11.1. The Balaban J connectivity index is 1.52. The van der Waals surface area contributed by atoms with Crippen molar-refractivity contribution in [3.63, 3.8) is 0 Å². The lowest BCUT2D eigenvalue weighted by Crippen LogP contribution is -2.49. The maximum absolute atomic E-state index is 14.2. The predicted octanol–water partition coefficient (Wildman–Crippen LogP) is 5.43. The summed E-state index contributed by atoms with van der Waals surface area (Å²) >= 11 is 0. The minimum absolute atomic E-state index is 0.00806. The summed E-state index contributed by atoms with van der Waals surface area (Å²) in [5, 5.41) is 0. The van der Waals surface area contributed by atoms with Crippen molar-refractivity contribution in [2.75, 3.05) is 12.8 Å². The molecule has 3 aromatic rings. The van der Waals surface area contributed by atoms with Crippen molar-refractivity contribution in [3.8, 4) is 11.1 Å². The standard InChI is InChI=1S/C28H27F3N2O5S/c1-18(19-3-5-20(6-4-19)24-12-11-23(30)17-25(24)31)33-16-15-28(38-27(33)35,21-7-9-22(29)10-8-21)14-13-26(34)32-39(2,36)37/h3-12,17-18H,13-16H2,1-2H3,(H,32,34)/t18-,28-/m0/s1. The largest absolute Gasteiger partial charge is 0.438 e. The van der Waals surface area contributed by atoms with Crippen molar-refractivity contribution in [1.29, 1.82) is 0 Å². The van der Waals surface area contributed by atoms with E-state index in [4.69, 9.17) is 4.74 Å². The molecule has 0 aliphatic carbocycles. The van der Waals surface area contributed by atoms with Crippen LogP contribution >= 0.6 is 0 Å². The highest BCUT2D eigenvalue weighted by atomic mass is 32.2. The van der Waals surface area contributed by atoms with E-state index in [1.54, 1.807) is 31.2 Å². The highest BCUT2D eigenvalue weighted by molar-refractivity contribution is 7.89. The maximum atomic E-state index is 14.2. The third-order valence-electron chi connectivity index (χ3n) is 6.80. The van der Waals surface area contributed by atoms with E-state index in [-0.39, 0.29) is 31.4 Å². The van der Waals surface area contributed by atoms with Gasteiger partial charge in [-0.3, -0.25) is 9.52 Å². The molecule has 0 aromatic heterocycles. The van der Waals surface area contributed by atoms with Crippen molar-refractivity contribution in [2.45, 2.75) is 37.8 Å². The number of benzene rings is 3. The van der Waals surface area contributed by atoms with Gasteiger partial charge >= 0.3 is 6.09 Å². The zero-order chi connectivity index (χ0) is 28.4. The third-order valence-corrected chi connectivity index (χ3v) is 7.40. The van der Waals surface area contributed by atoms with Crippen LogP contribution in [0, 0.1) is 17.5 Å². The molecule has 7 nitrogen and oxygen atoms in total. The lowest BCUT2D eigenvalue weighted by atomic mass is 9.84. The number of hydrogen-bond acceptors (Lipinski definition) is 5. The molecule has 4 rings (SSSR count). The van der Waals surface area contributed by atoms with E-state index in [9.17, 15) is 31.2 Å². The lowest BCUT2D eigenvalue weighted by molar-refractivity contribution is -0.122. The Kier molecular flexibility index (Phi) is 8.01. The number of hydrogen-bond donors (Lipinski definition) is 1. The normalized spacial score (nSPS) is 18.4. The molecule has 3 aromatic carbocycles. The van der Waals surface area contributed by atoms with Crippen molar-refractivity contribution in [2.24, 2.45) is 0 Å². The predicted molar refractivity (Wildman–Crippen MR) is 138 cm³/mol. The number of sulfonamides is 1. The van der Waals surface area contributed by atoms with Gasteiger partial charge in [0.05, 0.1) is 12.3 Å². The second-order valence-corrected chi connectivity index (χ2v) is 11.3. The number of ether oxygens (including phenoxy) is 1. The molecule has 2 amide bonds. The minimum Gasteiger partial charge on any atom is -0.438 e. The molecule has 206 valence electrons. The average molecular weight is 561 g/mol. The van der Waals surface area contributed by atoms with Crippen LogP contribution in [0.2, 0.25) is 0 Å². The first-order chi connectivity index (χ1) is 18.4. The molecule has 11 heteroatoms. The van der Waals surface area contributed by atoms with Crippen molar-refractivity contribution in [3.05, 3.63) is 95.3 Å². The minimum atomic E-state index is -3.76. The summed E-state index contributed by atoms with van der Waals surface area (Å²) in [6.45, 7) is 2.04. The summed E-state index contributed by atoms with van der Waals surface area (Å²) < 4.78 is 71.7. The first-order valence-corrected chi connectivity index (χ1v) is 14.1. The molecule has 1 aliphatic rings. The monoisotopic (exact) mass is 560 g/mol. The van der Waals surface area contributed by atoms with E-state index in [1.807, 2.05) is 4.72 Å². The third kappa shape index (κ3) is 6.59. The zero-order valence-corrected chi connectivity index (χ0v) is 22.1. The molecule has 0 bridgehead atoms. The van der Waals surface area contributed by atoms with Gasteiger partial charge in [-0.25, -0.2) is 26.4 Å². The van der Waals surface area contributed by atoms with Crippen molar-refractivity contribution < 1.29 is 35.9 Å². The fourth-order valence-electron chi connectivity index (χ4n) is 4.72. The van der Waals surface area contributed by atoms with E-state index < -0.39 is 51.1 Å². The summed E-state index contributed by atoms with van der Waals surface area (Å²) in [4.78, 5) is 26.9. The Labute approximate surface area is 224 Å². The molecule has 0 unspecified atom stereocenters. The number of halogens is 3. The van der Waals surface area contributed by atoms with Crippen molar-refractivity contribution in [1.82, 2.24) is 9.62 Å². The quantitative estimate of drug-likeness (QED) is 0.397. The van der Waals surface area contributed by atoms with E-state index in [0.29, 0.717) is 11.1 Å². The number of carbonyl (C=O) groups is 2. The van der Waals surface area contributed by atoms with Crippen LogP contribution in [-0.2, 0) is 25.2 Å². The van der Waals surface area contributed by atoms with Gasteiger partial charge in [0.1, 0.15) is 23.1 Å². The summed E-state index contributed by atoms with van der Waals surface area (Å²) in [6.07, 6.45) is 0.221. The van der Waals surface area contributed by atoms with Gasteiger partial charge in [0.2, 0.25) is 15.9 Å². The van der Waals surface area contributed by atoms with E-state index in [0.717, 1.165) is 17.9 Å². The van der Waals surface area contributed by atoms with Gasteiger partial charge < -0.3 is 9.64 Å². The summed E-state index contributed by atoms with van der Waals surface area (Å²) in [5.41, 5.74) is 0.770. The number of rotatable bonds is 8. The maximum Gasteiger partial charge on any atom is 0.411 e. The van der Waals surface area contributed by atoms with E-state index in [2.05, 4.69) is 0 Å². The number of carbonyl (C=O) groups excluding carboxylic acids is 2. The number of cyclic esters (lactones) is 1. The molecule has 1 saturated heterocycles. The van der Waals surface area contributed by atoms with Gasteiger partial charge in [-0.05, 0) is 47.9 Å². The Morgan fingerprint density at radius 3 is 2.26 bits per heavy atom. The van der Waals surface area contributed by atoms with Crippen LogP contribution in [0.3, 0.4) is 0 Å². The number of nitrogens with zero attached hydrogens (tertiary/aromatic N) is 1. The molecule has 1 aliphatic heterocycles. The first kappa shape index (κ1) is 28.2. The van der Waals surface area contributed by atoms with Gasteiger partial charge in [-0.2, -0.15) is 0 Å². The first-order valence-electron chi connectivity index (χ1n) is 12.2. The molecule has 39 heavy (non-hydrogen) atoms. The van der Waals surface area contributed by atoms with Crippen molar-refractivity contribution >= 4 is 22.0 Å². The van der Waals surface area contributed by atoms with E-state index in [1.165, 1.54) is 41.3 Å². The lowest BCUT2D eigenvalue weighted by Gasteiger charge is -2.43. The summed E-state index contributed by atoms with van der Waals surface area (Å²) in [7, 11) is -3.76. The molecule has 0 radical (unpaired) electrons. The van der Waals surface area contributed by atoms with Crippen LogP contribution in [0.25, 0.3) is 11.1 Å².